The van der Waals surface area contributed by atoms with Crippen LogP contribution in [-0.4, -0.2) is 39.3 Å². The number of rotatable bonds is 5. The maximum atomic E-state index is 15.3. The molecule has 2 fully saturated rings. The Kier molecular flexibility index (Phi) is 6.90. The van der Waals surface area contributed by atoms with E-state index in [4.69, 9.17) is 0 Å². The Balaban J connectivity index is 1.36. The van der Waals surface area contributed by atoms with Gasteiger partial charge in [0.2, 0.25) is 0 Å². The zero-order chi connectivity index (χ0) is 25.5. The molecule has 36 heavy (non-hydrogen) atoms. The van der Waals surface area contributed by atoms with Crippen molar-refractivity contribution in [1.82, 2.24) is 19.1 Å². The van der Waals surface area contributed by atoms with Gasteiger partial charge in [0.25, 0.3) is 0 Å². The molecule has 1 aromatic heterocycles. The second-order valence-corrected chi connectivity index (χ2v) is 12.2. The summed E-state index contributed by atoms with van der Waals surface area (Å²) in [7, 11) is -3.28. The molecule has 194 valence electrons. The van der Waals surface area contributed by atoms with Gasteiger partial charge in [-0.2, -0.15) is 4.31 Å². The van der Waals surface area contributed by atoms with Gasteiger partial charge in [0.05, 0.1) is 10.9 Å². The molecular formula is C26H32F2N4O3S. The Morgan fingerprint density at radius 3 is 2.31 bits per heavy atom. The van der Waals surface area contributed by atoms with Crippen molar-refractivity contribution in [2.24, 2.45) is 0 Å². The molecule has 1 saturated carbocycles. The number of aromatic nitrogens is 3. The largest absolute Gasteiger partial charge is 0.385 e. The van der Waals surface area contributed by atoms with Crippen LogP contribution in [0.25, 0.3) is 0 Å². The molecule has 2 heterocycles. The first-order valence-electron chi connectivity index (χ1n) is 12.3. The first-order chi connectivity index (χ1) is 17.2. The monoisotopic (exact) mass is 518 g/mol. The lowest BCUT2D eigenvalue weighted by atomic mass is 9.77. The minimum absolute atomic E-state index is 0.0403. The normalized spacial score (nSPS) is 29.7. The van der Waals surface area contributed by atoms with E-state index in [2.05, 4.69) is 10.2 Å². The SMILES string of the molecule is C[C@H]1CC[C@H](c2ccccc2)S(O)(O)N1Cc1cc(F)c([C@]2(O)CC[C@@H](n3cnnc3)CC2)cc1F. The van der Waals surface area contributed by atoms with Crippen LogP contribution in [0.3, 0.4) is 0 Å². The average molecular weight is 519 g/mol. The number of benzene rings is 2. The summed E-state index contributed by atoms with van der Waals surface area (Å²) in [6.45, 7) is 1.74. The average Bonchev–Trinajstić information content (AvgIpc) is 3.39. The third kappa shape index (κ3) is 4.68. The minimum atomic E-state index is -3.28. The number of halogens is 2. The highest BCUT2D eigenvalue weighted by molar-refractivity contribution is 8.22. The van der Waals surface area contributed by atoms with Crippen LogP contribution >= 0.6 is 10.8 Å². The third-order valence-corrected chi connectivity index (χ3v) is 10.3. The molecule has 7 nitrogen and oxygen atoms in total. The van der Waals surface area contributed by atoms with Crippen LogP contribution in [0.4, 0.5) is 8.78 Å². The van der Waals surface area contributed by atoms with Crippen molar-refractivity contribution < 1.29 is 23.0 Å². The van der Waals surface area contributed by atoms with E-state index in [1.165, 1.54) is 4.31 Å². The summed E-state index contributed by atoms with van der Waals surface area (Å²) in [4.78, 5) is 0. The molecule has 3 aromatic rings. The molecule has 0 bridgehead atoms. The van der Waals surface area contributed by atoms with Crippen molar-refractivity contribution in [3.63, 3.8) is 0 Å². The maximum Gasteiger partial charge on any atom is 0.129 e. The summed E-state index contributed by atoms with van der Waals surface area (Å²) in [5.74, 6) is -1.35. The molecule has 0 radical (unpaired) electrons. The lowest BCUT2D eigenvalue weighted by molar-refractivity contribution is -0.0155. The van der Waals surface area contributed by atoms with E-state index in [1.54, 1.807) is 12.7 Å². The highest BCUT2D eigenvalue weighted by atomic mass is 32.3. The lowest BCUT2D eigenvalue weighted by Crippen LogP contribution is -2.42. The van der Waals surface area contributed by atoms with Gasteiger partial charge < -0.3 is 9.67 Å². The molecule has 3 N–H and O–H groups in total. The van der Waals surface area contributed by atoms with Crippen LogP contribution in [0.2, 0.25) is 0 Å². The molecule has 1 aliphatic carbocycles. The smallest absolute Gasteiger partial charge is 0.129 e. The Bertz CT molecular complexity index is 1190. The van der Waals surface area contributed by atoms with Gasteiger partial charge in [-0.3, -0.25) is 9.11 Å². The molecule has 5 rings (SSSR count). The molecule has 2 atom stereocenters. The van der Waals surface area contributed by atoms with Crippen LogP contribution in [-0.2, 0) is 12.1 Å². The van der Waals surface area contributed by atoms with Crippen molar-refractivity contribution in [3.05, 3.63) is 83.4 Å². The fourth-order valence-electron chi connectivity index (χ4n) is 5.67. The molecule has 0 amide bonds. The third-order valence-electron chi connectivity index (χ3n) is 7.84. The van der Waals surface area contributed by atoms with Gasteiger partial charge in [0.15, 0.2) is 0 Å². The summed E-state index contributed by atoms with van der Waals surface area (Å²) < 4.78 is 56.5. The van der Waals surface area contributed by atoms with E-state index in [9.17, 15) is 14.2 Å². The molecule has 2 aliphatic rings. The second-order valence-electron chi connectivity index (χ2n) is 10.1. The molecular weight excluding hydrogens is 486 g/mol. The van der Waals surface area contributed by atoms with E-state index in [0.717, 1.165) is 17.7 Å². The molecule has 2 aromatic carbocycles. The van der Waals surface area contributed by atoms with E-state index < -0.39 is 33.3 Å². The summed E-state index contributed by atoms with van der Waals surface area (Å²) in [6.07, 6.45) is 6.29. The Hall–Kier alpha value is -2.37. The van der Waals surface area contributed by atoms with E-state index >= 15 is 8.78 Å². The quantitative estimate of drug-likeness (QED) is 0.386. The number of hydrogen-bond acceptors (Lipinski definition) is 6. The van der Waals surface area contributed by atoms with Crippen LogP contribution in [0, 0.1) is 11.6 Å². The zero-order valence-corrected chi connectivity index (χ0v) is 21.0. The van der Waals surface area contributed by atoms with E-state index in [0.29, 0.717) is 25.7 Å². The minimum Gasteiger partial charge on any atom is -0.385 e. The van der Waals surface area contributed by atoms with E-state index in [-0.39, 0.29) is 42.6 Å². The van der Waals surface area contributed by atoms with Gasteiger partial charge in [-0.15, -0.1) is 21.0 Å². The fourth-order valence-corrected chi connectivity index (χ4v) is 7.93. The molecule has 10 heteroatoms. The zero-order valence-electron chi connectivity index (χ0n) is 20.2. The van der Waals surface area contributed by atoms with Gasteiger partial charge >= 0.3 is 0 Å². The van der Waals surface area contributed by atoms with Crippen molar-refractivity contribution in [2.75, 3.05) is 0 Å². The lowest BCUT2D eigenvalue weighted by Gasteiger charge is -2.54. The highest BCUT2D eigenvalue weighted by Crippen LogP contribution is 2.63. The van der Waals surface area contributed by atoms with E-state index in [1.807, 2.05) is 41.8 Å². The van der Waals surface area contributed by atoms with Crippen molar-refractivity contribution in [1.29, 1.82) is 0 Å². The fraction of sp³-hybridized carbons (Fsp3) is 0.462. The van der Waals surface area contributed by atoms with Gasteiger partial charge in [0, 0.05) is 29.8 Å². The highest BCUT2D eigenvalue weighted by Gasteiger charge is 2.42. The molecule has 1 aliphatic heterocycles. The summed E-state index contributed by atoms with van der Waals surface area (Å²) >= 11 is 0. The number of hydrogen-bond donors (Lipinski definition) is 3. The standard InChI is InChI=1S/C26H32F2N4O3S/c1-18-7-8-25(19-5-3-2-4-6-19)36(34,35)32(18)15-20-13-24(28)22(14-23(20)27)26(33)11-9-21(10-12-26)31-16-29-30-17-31/h2-6,13-14,16-18,21,25,33-35H,7-12,15H2,1H3/t18-,21-,25+,26+/m0/s1. The van der Waals surface area contributed by atoms with Crippen LogP contribution < -0.4 is 0 Å². The van der Waals surface area contributed by atoms with Gasteiger partial charge in [-0.1, -0.05) is 30.3 Å². The number of nitrogens with zero attached hydrogens (tertiary/aromatic N) is 4. The first-order valence-corrected chi connectivity index (χ1v) is 13.9. The Morgan fingerprint density at radius 1 is 0.972 bits per heavy atom. The van der Waals surface area contributed by atoms with Crippen LogP contribution in [0.1, 0.15) is 73.4 Å². The molecule has 0 unspecified atom stereocenters. The van der Waals surface area contributed by atoms with Crippen molar-refractivity contribution in [2.45, 2.75) is 74.9 Å². The Morgan fingerprint density at radius 2 is 1.64 bits per heavy atom. The Labute approximate surface area is 211 Å². The van der Waals surface area contributed by atoms with Crippen molar-refractivity contribution in [3.8, 4) is 0 Å². The van der Waals surface area contributed by atoms with Gasteiger partial charge in [-0.25, -0.2) is 8.78 Å². The van der Waals surface area contributed by atoms with Gasteiger partial charge in [-0.05, 0) is 63.1 Å². The topological polar surface area (TPSA) is 94.6 Å². The summed E-state index contributed by atoms with van der Waals surface area (Å²) in [5.41, 5.74) is -0.654. The molecule has 1 saturated heterocycles. The maximum absolute atomic E-state index is 15.3. The van der Waals surface area contributed by atoms with Crippen molar-refractivity contribution >= 4 is 10.8 Å². The van der Waals surface area contributed by atoms with Crippen LogP contribution in [0.5, 0.6) is 0 Å². The summed E-state index contributed by atoms with van der Waals surface area (Å²) in [5, 5.41) is 18.4. The predicted octanol–water partition coefficient (Wildman–Crippen LogP) is 5.95. The van der Waals surface area contributed by atoms with Crippen LogP contribution in [0.15, 0.2) is 55.1 Å². The predicted molar refractivity (Wildman–Crippen MR) is 134 cm³/mol. The summed E-state index contributed by atoms with van der Waals surface area (Å²) in [6, 6.07) is 11.4. The second kappa shape index (κ2) is 9.83. The first kappa shape index (κ1) is 25.3. The number of aliphatic hydroxyl groups is 1. The molecule has 0 spiro atoms. The van der Waals surface area contributed by atoms with Gasteiger partial charge in [0.1, 0.15) is 24.3 Å².